The van der Waals surface area contributed by atoms with Crippen molar-refractivity contribution in [1.29, 1.82) is 0 Å². The second kappa shape index (κ2) is 3.83. The molecule has 0 aromatic heterocycles. The first-order valence-corrected chi connectivity index (χ1v) is 3.75. The van der Waals surface area contributed by atoms with Crippen LogP contribution in [0.1, 0.15) is 6.42 Å². The Labute approximate surface area is 66.6 Å². The highest BCUT2D eigenvalue weighted by Crippen LogP contribution is 2.20. The average Bonchev–Trinajstić information content (AvgIpc) is 2.32. The molecule has 0 bridgehead atoms. The summed E-state index contributed by atoms with van der Waals surface area (Å²) in [6, 6.07) is 0.187. The van der Waals surface area contributed by atoms with E-state index in [-0.39, 0.29) is 24.8 Å². The molecule has 3 atom stereocenters. The third kappa shape index (κ3) is 2.00. The van der Waals surface area contributed by atoms with Crippen LogP contribution >= 0.6 is 0 Å². The van der Waals surface area contributed by atoms with E-state index in [2.05, 4.69) is 5.18 Å². The Hall–Kier alpha value is -0.415. The van der Waals surface area contributed by atoms with E-state index in [4.69, 9.17) is 9.47 Å². The molecule has 0 spiro atoms. The van der Waals surface area contributed by atoms with Gasteiger partial charge in [0.2, 0.25) is 0 Å². The molecule has 5 heteroatoms. The van der Waals surface area contributed by atoms with Gasteiger partial charge < -0.3 is 9.47 Å². The molecule has 1 rings (SSSR count). The van der Waals surface area contributed by atoms with Gasteiger partial charge in [-0.3, -0.25) is 0 Å². The van der Waals surface area contributed by atoms with E-state index in [0.29, 0.717) is 0 Å². The summed E-state index contributed by atoms with van der Waals surface area (Å²) in [6.45, 7) is 0.197. The van der Waals surface area contributed by atoms with Gasteiger partial charge in [0.25, 0.3) is 0 Å². The topological polar surface area (TPSA) is 47.9 Å². The lowest BCUT2D eigenvalue weighted by molar-refractivity contribution is 0.0156. The quantitative estimate of drug-likeness (QED) is 0.410. The highest BCUT2D eigenvalue weighted by molar-refractivity contribution is 6.11. The lowest BCUT2D eigenvalue weighted by Gasteiger charge is -2.12. The van der Waals surface area contributed by atoms with E-state index in [0.717, 1.165) is 6.42 Å². The standard InChI is InChI=1S/C6H12BNO3/c1-10-4-2-6(7)11-5(4)3-8-9/h4-6H,2-3,7H2,1H3/t4-,5?,6-/m1/s1. The molecule has 0 radical (unpaired) electrons. The molecule has 11 heavy (non-hydrogen) atoms. The Balaban J connectivity index is 2.43. The predicted molar refractivity (Wildman–Crippen MR) is 43.3 cm³/mol. The zero-order valence-electron chi connectivity index (χ0n) is 6.82. The van der Waals surface area contributed by atoms with Crippen LogP contribution in [0.3, 0.4) is 0 Å². The van der Waals surface area contributed by atoms with Crippen molar-refractivity contribution >= 4 is 7.85 Å². The molecule has 1 fully saturated rings. The Morgan fingerprint density at radius 3 is 3.09 bits per heavy atom. The van der Waals surface area contributed by atoms with E-state index in [1.807, 2.05) is 7.85 Å². The lowest BCUT2D eigenvalue weighted by Crippen LogP contribution is -2.25. The molecule has 0 saturated carbocycles. The molecule has 0 amide bonds. The molecular formula is C6H12BNO3. The van der Waals surface area contributed by atoms with Gasteiger partial charge in [0.05, 0.1) is 6.10 Å². The van der Waals surface area contributed by atoms with E-state index < -0.39 is 0 Å². The van der Waals surface area contributed by atoms with E-state index >= 15 is 0 Å². The van der Waals surface area contributed by atoms with Crippen LogP contribution in [-0.2, 0) is 9.47 Å². The van der Waals surface area contributed by atoms with Gasteiger partial charge >= 0.3 is 0 Å². The normalized spacial score (nSPS) is 37.4. The van der Waals surface area contributed by atoms with Crippen molar-refractivity contribution in [2.75, 3.05) is 13.7 Å². The Kier molecular flexibility index (Phi) is 3.02. The molecule has 1 aliphatic heterocycles. The van der Waals surface area contributed by atoms with Crippen molar-refractivity contribution in [2.24, 2.45) is 5.18 Å². The van der Waals surface area contributed by atoms with Gasteiger partial charge in [-0.1, -0.05) is 5.18 Å². The maximum absolute atomic E-state index is 9.94. The predicted octanol–water partition coefficient (Wildman–Crippen LogP) is -0.484. The maximum atomic E-state index is 9.94. The van der Waals surface area contributed by atoms with Crippen molar-refractivity contribution in [3.8, 4) is 0 Å². The molecule has 0 aromatic rings. The first kappa shape index (κ1) is 8.68. The number of nitrogens with zero attached hydrogens (tertiary/aromatic N) is 1. The van der Waals surface area contributed by atoms with Gasteiger partial charge in [-0.2, -0.15) is 4.91 Å². The first-order chi connectivity index (χ1) is 5.27. The minimum Gasteiger partial charge on any atom is -0.379 e. The number of ether oxygens (including phenoxy) is 2. The van der Waals surface area contributed by atoms with Gasteiger partial charge in [-0.25, -0.2) is 0 Å². The summed E-state index contributed by atoms with van der Waals surface area (Å²) in [5.74, 6) is 0. The average molecular weight is 157 g/mol. The summed E-state index contributed by atoms with van der Waals surface area (Å²) in [7, 11) is 3.60. The highest BCUT2D eigenvalue weighted by Gasteiger charge is 2.32. The van der Waals surface area contributed by atoms with E-state index in [1.165, 1.54) is 0 Å². The molecule has 4 nitrogen and oxygen atoms in total. The zero-order chi connectivity index (χ0) is 8.27. The minimum absolute atomic E-state index is 0.0442. The fourth-order valence-electron chi connectivity index (χ4n) is 1.40. The third-order valence-corrected chi connectivity index (χ3v) is 1.94. The van der Waals surface area contributed by atoms with Gasteiger partial charge in [0, 0.05) is 13.1 Å². The molecule has 0 N–H and O–H groups in total. The summed E-state index contributed by atoms with van der Waals surface area (Å²) in [6.07, 6.45) is 0.770. The van der Waals surface area contributed by atoms with Crippen LogP contribution in [-0.4, -0.2) is 39.7 Å². The summed E-state index contributed by atoms with van der Waals surface area (Å²) < 4.78 is 10.5. The summed E-state index contributed by atoms with van der Waals surface area (Å²) in [5, 5.41) is 2.80. The Morgan fingerprint density at radius 1 is 1.82 bits per heavy atom. The van der Waals surface area contributed by atoms with Crippen LogP contribution in [0.2, 0.25) is 0 Å². The fraction of sp³-hybridized carbons (Fsp3) is 1.00. The molecule has 1 saturated heterocycles. The van der Waals surface area contributed by atoms with Gasteiger partial charge in [-0.05, 0) is 6.42 Å². The van der Waals surface area contributed by atoms with Gasteiger partial charge in [0.15, 0.2) is 0 Å². The number of hydrogen-bond acceptors (Lipinski definition) is 4. The summed E-state index contributed by atoms with van der Waals surface area (Å²) >= 11 is 0. The minimum atomic E-state index is -0.132. The van der Waals surface area contributed by atoms with Crippen LogP contribution in [0.5, 0.6) is 0 Å². The zero-order valence-corrected chi connectivity index (χ0v) is 6.82. The maximum Gasteiger partial charge on any atom is 0.139 e. The molecule has 1 unspecified atom stereocenters. The van der Waals surface area contributed by atoms with Crippen LogP contribution in [0, 0.1) is 4.91 Å². The lowest BCUT2D eigenvalue weighted by atomic mass is 9.96. The van der Waals surface area contributed by atoms with Crippen LogP contribution in [0.4, 0.5) is 0 Å². The van der Waals surface area contributed by atoms with Crippen LogP contribution < -0.4 is 0 Å². The van der Waals surface area contributed by atoms with Crippen LogP contribution in [0.15, 0.2) is 5.18 Å². The first-order valence-electron chi connectivity index (χ1n) is 3.75. The second-order valence-corrected chi connectivity index (χ2v) is 2.81. The smallest absolute Gasteiger partial charge is 0.139 e. The fourth-order valence-corrected chi connectivity index (χ4v) is 1.40. The highest BCUT2D eigenvalue weighted by atomic mass is 16.6. The molecule has 0 aliphatic carbocycles. The van der Waals surface area contributed by atoms with E-state index in [1.54, 1.807) is 7.11 Å². The number of hydrogen-bond donors (Lipinski definition) is 0. The Morgan fingerprint density at radius 2 is 2.55 bits per heavy atom. The summed E-state index contributed by atoms with van der Waals surface area (Å²) in [4.78, 5) is 9.94. The van der Waals surface area contributed by atoms with Gasteiger partial charge in [0.1, 0.15) is 20.5 Å². The van der Waals surface area contributed by atoms with Crippen LogP contribution in [0.25, 0.3) is 0 Å². The second-order valence-electron chi connectivity index (χ2n) is 2.81. The Bertz CT molecular complexity index is 144. The third-order valence-electron chi connectivity index (χ3n) is 1.94. The molecule has 62 valence electrons. The van der Waals surface area contributed by atoms with Crippen molar-refractivity contribution in [2.45, 2.75) is 24.6 Å². The van der Waals surface area contributed by atoms with Crippen molar-refractivity contribution in [1.82, 2.24) is 0 Å². The molecule has 1 aliphatic rings. The monoisotopic (exact) mass is 157 g/mol. The molecule has 1 heterocycles. The number of methoxy groups -OCH3 is 1. The summed E-state index contributed by atoms with van der Waals surface area (Å²) in [5.41, 5.74) is 0. The largest absolute Gasteiger partial charge is 0.379 e. The molecule has 0 aromatic carbocycles. The van der Waals surface area contributed by atoms with Crippen molar-refractivity contribution in [3.63, 3.8) is 0 Å². The number of nitroso groups, excluding NO2 is 1. The van der Waals surface area contributed by atoms with E-state index in [9.17, 15) is 4.91 Å². The SMILES string of the molecule is B[C@H]1C[C@@H](OC)C(CN=O)O1. The van der Waals surface area contributed by atoms with Crippen molar-refractivity contribution in [3.05, 3.63) is 4.91 Å². The molecular weight excluding hydrogens is 145 g/mol. The number of rotatable bonds is 3. The van der Waals surface area contributed by atoms with Gasteiger partial charge in [-0.15, -0.1) is 0 Å². The van der Waals surface area contributed by atoms with Crippen molar-refractivity contribution < 1.29 is 9.47 Å².